The third-order valence-electron chi connectivity index (χ3n) is 9.53. The summed E-state index contributed by atoms with van der Waals surface area (Å²) in [7, 11) is 0. The summed E-state index contributed by atoms with van der Waals surface area (Å²) >= 11 is 0. The van der Waals surface area contributed by atoms with E-state index in [2.05, 4.69) is 93.1 Å². The number of allylic oxidation sites excluding steroid dienone is 2. The molecule has 3 aromatic rings. The molecule has 0 bridgehead atoms. The molecule has 2 fully saturated rings. The highest BCUT2D eigenvalue weighted by atomic mass is 19.3. The van der Waals surface area contributed by atoms with Crippen molar-refractivity contribution >= 4 is 23.1 Å². The van der Waals surface area contributed by atoms with Gasteiger partial charge in [-0.05, 0) is 90.7 Å². The van der Waals surface area contributed by atoms with Gasteiger partial charge in [0.05, 0.1) is 11.7 Å². The van der Waals surface area contributed by atoms with Gasteiger partial charge in [0, 0.05) is 43.4 Å². The largest absolute Gasteiger partial charge is 0.336 e. The van der Waals surface area contributed by atoms with Crippen LogP contribution in [0, 0.1) is 11.3 Å². The third kappa shape index (κ3) is 10.3. The molecule has 0 radical (unpaired) electrons. The molecule has 3 aliphatic rings. The second kappa shape index (κ2) is 16.1. The van der Waals surface area contributed by atoms with Crippen molar-refractivity contribution in [2.24, 2.45) is 26.3 Å². The first-order valence-corrected chi connectivity index (χ1v) is 17.9. The van der Waals surface area contributed by atoms with Gasteiger partial charge in [0.1, 0.15) is 0 Å². The molecule has 0 unspecified atom stereocenters. The molecule has 0 saturated heterocycles. The van der Waals surface area contributed by atoms with Gasteiger partial charge in [0.25, 0.3) is 5.92 Å². The quantitative estimate of drug-likeness (QED) is 0.101. The number of halogens is 2. The molecule has 50 heavy (non-hydrogen) atoms. The molecule has 2 aliphatic carbocycles. The lowest BCUT2D eigenvalue weighted by molar-refractivity contribution is 0.0174. The Balaban J connectivity index is 0.00000239. The monoisotopic (exact) mass is 674 g/mol. The van der Waals surface area contributed by atoms with E-state index in [1.54, 1.807) is 12.1 Å². The van der Waals surface area contributed by atoms with Crippen molar-refractivity contribution < 1.29 is 8.78 Å². The summed E-state index contributed by atoms with van der Waals surface area (Å²) in [5.74, 6) is -1.57. The maximum absolute atomic E-state index is 14.2. The van der Waals surface area contributed by atoms with E-state index in [1.165, 1.54) is 35.7 Å². The number of nitrogens with zero attached hydrogens (tertiary/aromatic N) is 4. The lowest BCUT2D eigenvalue weighted by Gasteiger charge is -2.25. The summed E-state index contributed by atoms with van der Waals surface area (Å²) in [4.78, 5) is 17.3. The molecule has 0 N–H and O–H groups in total. The molecule has 262 valence electrons. The highest BCUT2D eigenvalue weighted by molar-refractivity contribution is 6.06. The van der Waals surface area contributed by atoms with Crippen LogP contribution >= 0.6 is 0 Å². The molecular weight excluding hydrogens is 623 g/mol. The van der Waals surface area contributed by atoms with Gasteiger partial charge in [-0.15, -0.1) is 19.7 Å². The fraction of sp³-hybridized carbons (Fsp3) is 0.386. The first-order chi connectivity index (χ1) is 24.0. The van der Waals surface area contributed by atoms with Crippen LogP contribution < -0.4 is 0 Å². The highest BCUT2D eigenvalue weighted by Crippen LogP contribution is 2.36. The van der Waals surface area contributed by atoms with Crippen LogP contribution in [0.5, 0.6) is 0 Å². The van der Waals surface area contributed by atoms with Gasteiger partial charge in [-0.25, -0.2) is 18.8 Å². The molecule has 1 heterocycles. The van der Waals surface area contributed by atoms with Crippen LogP contribution in [0.1, 0.15) is 93.2 Å². The van der Waals surface area contributed by atoms with Crippen molar-refractivity contribution in [3.8, 4) is 0 Å². The zero-order valence-electron chi connectivity index (χ0n) is 30.3. The maximum Gasteiger partial charge on any atom is 0.270 e. The molecule has 2 saturated carbocycles. The topological polar surface area (TPSA) is 40.3 Å². The highest BCUT2D eigenvalue weighted by Gasteiger charge is 2.29. The number of aliphatic imine (C=N–C) groups is 3. The number of benzene rings is 3. The van der Waals surface area contributed by atoms with Crippen molar-refractivity contribution in [3.63, 3.8) is 0 Å². The molecule has 0 atom stereocenters. The lowest BCUT2D eigenvalue weighted by Crippen LogP contribution is -2.32. The van der Waals surface area contributed by atoms with E-state index in [9.17, 15) is 8.78 Å². The fourth-order valence-corrected chi connectivity index (χ4v) is 6.02. The van der Waals surface area contributed by atoms with E-state index >= 15 is 0 Å². The molecule has 6 rings (SSSR count). The Labute approximate surface area is 298 Å². The SMILES string of the molecule is C=C.C=CC(C)(C)Cc1ccc(CCN(Cc2ccc(C3=CCC(C4CC4)=N3)cc2)C(=NC2CC2)/N=C(\C)c2cccc(C(C)(F)F)c2)cc1. The van der Waals surface area contributed by atoms with Gasteiger partial charge in [-0.3, -0.25) is 4.99 Å². The summed E-state index contributed by atoms with van der Waals surface area (Å²) in [6, 6.07) is 24.4. The Hall–Kier alpha value is -4.45. The molecule has 0 amide bonds. The zero-order chi connectivity index (χ0) is 35.9. The van der Waals surface area contributed by atoms with Gasteiger partial charge in [-0.1, -0.05) is 92.7 Å². The number of hydrogen-bond donors (Lipinski definition) is 0. The van der Waals surface area contributed by atoms with Gasteiger partial charge < -0.3 is 4.90 Å². The predicted octanol–water partition coefficient (Wildman–Crippen LogP) is 11.0. The molecule has 0 spiro atoms. The summed E-state index contributed by atoms with van der Waals surface area (Å²) < 4.78 is 28.4. The Kier molecular flexibility index (Phi) is 11.8. The number of hydrogen-bond acceptors (Lipinski definition) is 2. The van der Waals surface area contributed by atoms with Crippen molar-refractivity contribution in [1.29, 1.82) is 0 Å². The second-order valence-corrected chi connectivity index (χ2v) is 14.6. The van der Waals surface area contributed by atoms with Crippen molar-refractivity contribution in [2.75, 3.05) is 6.54 Å². The van der Waals surface area contributed by atoms with E-state index < -0.39 is 5.92 Å². The smallest absolute Gasteiger partial charge is 0.270 e. The van der Waals surface area contributed by atoms with E-state index in [1.807, 2.05) is 19.1 Å². The van der Waals surface area contributed by atoms with Crippen LogP contribution in [0.3, 0.4) is 0 Å². The molecule has 3 aromatic carbocycles. The fourth-order valence-electron chi connectivity index (χ4n) is 6.02. The second-order valence-electron chi connectivity index (χ2n) is 14.6. The van der Waals surface area contributed by atoms with Gasteiger partial charge >= 0.3 is 0 Å². The summed E-state index contributed by atoms with van der Waals surface area (Å²) in [5, 5.41) is 0. The van der Waals surface area contributed by atoms with Crippen LogP contribution in [0.15, 0.2) is 120 Å². The average Bonchev–Trinajstić information content (AvgIpc) is 4.07. The Bertz CT molecular complexity index is 1750. The summed E-state index contributed by atoms with van der Waals surface area (Å²) in [6.45, 7) is 18.6. The third-order valence-corrected chi connectivity index (χ3v) is 9.53. The molecular formula is C44H52F2N4. The minimum atomic E-state index is -2.92. The molecule has 4 nitrogen and oxygen atoms in total. The summed E-state index contributed by atoms with van der Waals surface area (Å²) in [5.41, 5.74) is 8.64. The minimum Gasteiger partial charge on any atom is -0.336 e. The van der Waals surface area contributed by atoms with Gasteiger partial charge in [0.15, 0.2) is 0 Å². The first kappa shape index (κ1) is 36.8. The van der Waals surface area contributed by atoms with Gasteiger partial charge in [0.2, 0.25) is 5.96 Å². The summed E-state index contributed by atoms with van der Waals surface area (Å²) in [6.07, 6.45) is 11.6. The standard InChI is InChI=1S/C42H48F2N4.C2H4/c1-6-41(3,4)27-31-12-10-30(11-13-31)24-25-48(28-32-14-16-33(17-15-32)38-22-23-39(47-38)34-18-19-34)40(46-37-20-21-37)45-29(2)35-8-7-9-36(26-35)42(5,43)44;1-2/h6-17,22,26,34,37H,1,18-21,23-25,27-28H2,2-5H3;1-2H2/b45-29+,46-40?;. The predicted molar refractivity (Wildman–Crippen MR) is 207 cm³/mol. The lowest BCUT2D eigenvalue weighted by atomic mass is 9.86. The van der Waals surface area contributed by atoms with Crippen LogP contribution in [-0.4, -0.2) is 34.9 Å². The number of alkyl halides is 2. The molecule has 1 aliphatic heterocycles. The molecule has 0 aromatic heterocycles. The minimum absolute atomic E-state index is 0.0157. The molecule has 6 heteroatoms. The van der Waals surface area contributed by atoms with Crippen LogP contribution in [0.2, 0.25) is 0 Å². The Morgan fingerprint density at radius 1 is 0.920 bits per heavy atom. The van der Waals surface area contributed by atoms with Gasteiger partial charge in [-0.2, -0.15) is 0 Å². The van der Waals surface area contributed by atoms with Crippen LogP contribution in [0.25, 0.3) is 5.70 Å². The van der Waals surface area contributed by atoms with Crippen LogP contribution in [-0.2, 0) is 25.3 Å². The van der Waals surface area contributed by atoms with Crippen molar-refractivity contribution in [3.05, 3.63) is 138 Å². The van der Waals surface area contributed by atoms with Crippen molar-refractivity contribution in [1.82, 2.24) is 4.90 Å². The van der Waals surface area contributed by atoms with E-state index in [0.717, 1.165) is 62.4 Å². The van der Waals surface area contributed by atoms with E-state index in [0.29, 0.717) is 29.7 Å². The Morgan fingerprint density at radius 2 is 1.58 bits per heavy atom. The number of rotatable bonds is 13. The van der Waals surface area contributed by atoms with Crippen molar-refractivity contribution in [2.45, 2.75) is 91.1 Å². The Morgan fingerprint density at radius 3 is 2.20 bits per heavy atom. The van der Waals surface area contributed by atoms with E-state index in [4.69, 9.17) is 15.0 Å². The van der Waals surface area contributed by atoms with E-state index in [-0.39, 0.29) is 17.0 Å². The normalized spacial score (nSPS) is 16.7. The maximum atomic E-state index is 14.2. The zero-order valence-corrected chi connectivity index (χ0v) is 30.3. The number of guanidine groups is 1. The first-order valence-electron chi connectivity index (χ1n) is 17.9. The average molecular weight is 675 g/mol. The van der Waals surface area contributed by atoms with Crippen LogP contribution in [0.4, 0.5) is 8.78 Å².